The molecule has 0 unspecified atom stereocenters. The third-order valence-electron chi connectivity index (χ3n) is 3.68. The summed E-state index contributed by atoms with van der Waals surface area (Å²) >= 11 is 1.99. The molecule has 7 heteroatoms. The van der Waals surface area contributed by atoms with Crippen LogP contribution < -0.4 is 10.1 Å². The minimum atomic E-state index is -0.323. The van der Waals surface area contributed by atoms with Gasteiger partial charge in [0.05, 0.1) is 6.61 Å². The lowest BCUT2D eigenvalue weighted by molar-refractivity contribution is 0.321. The van der Waals surface area contributed by atoms with Crippen LogP contribution in [0.1, 0.15) is 26.3 Å². The maximum atomic E-state index is 13.9. The molecule has 24 heavy (non-hydrogen) atoms. The summed E-state index contributed by atoms with van der Waals surface area (Å²) in [5.74, 6) is 1.94. The molecule has 0 bridgehead atoms. The second kappa shape index (κ2) is 9.70. The number of halogens is 2. The molecule has 0 amide bonds. The number of ether oxygens (including phenoxy) is 1. The zero-order chi connectivity index (χ0) is 16.9. The number of aliphatic imine (C=N–C) groups is 1. The molecular formula is C17H27FIN3OS. The van der Waals surface area contributed by atoms with E-state index in [1.54, 1.807) is 13.1 Å². The first kappa shape index (κ1) is 21.3. The molecule has 1 aromatic rings. The lowest BCUT2D eigenvalue weighted by Crippen LogP contribution is -2.50. The highest BCUT2D eigenvalue weighted by molar-refractivity contribution is 14.0. The summed E-state index contributed by atoms with van der Waals surface area (Å²) in [5, 5.41) is 3.33. The van der Waals surface area contributed by atoms with E-state index in [4.69, 9.17) is 4.74 Å². The fourth-order valence-corrected chi connectivity index (χ4v) is 3.75. The minimum Gasteiger partial charge on any atom is -0.491 e. The number of thioether (sulfide) groups is 1. The van der Waals surface area contributed by atoms with E-state index in [0.717, 1.165) is 30.4 Å². The minimum absolute atomic E-state index is 0. The van der Waals surface area contributed by atoms with Crippen LogP contribution >= 0.6 is 35.7 Å². The highest BCUT2D eigenvalue weighted by Crippen LogP contribution is 2.29. The van der Waals surface area contributed by atoms with Gasteiger partial charge in [0, 0.05) is 37.2 Å². The van der Waals surface area contributed by atoms with Gasteiger partial charge in [-0.2, -0.15) is 11.8 Å². The van der Waals surface area contributed by atoms with Gasteiger partial charge in [-0.15, -0.1) is 24.0 Å². The molecule has 1 N–H and O–H groups in total. The van der Waals surface area contributed by atoms with Gasteiger partial charge in [0.25, 0.3) is 0 Å². The van der Waals surface area contributed by atoms with E-state index in [1.807, 2.05) is 24.8 Å². The van der Waals surface area contributed by atoms with E-state index in [-0.39, 0.29) is 34.5 Å². The van der Waals surface area contributed by atoms with Gasteiger partial charge in [0.2, 0.25) is 0 Å². The summed E-state index contributed by atoms with van der Waals surface area (Å²) < 4.78 is 19.4. The van der Waals surface area contributed by atoms with Gasteiger partial charge in [-0.05, 0) is 38.5 Å². The summed E-state index contributed by atoms with van der Waals surface area (Å²) in [6, 6.07) is 5.07. The number of benzene rings is 1. The van der Waals surface area contributed by atoms with Gasteiger partial charge in [-0.3, -0.25) is 4.99 Å². The van der Waals surface area contributed by atoms with E-state index in [1.165, 1.54) is 6.07 Å². The van der Waals surface area contributed by atoms with Gasteiger partial charge in [-0.1, -0.05) is 6.07 Å². The molecule has 1 aliphatic heterocycles. The first-order valence-electron chi connectivity index (χ1n) is 7.96. The summed E-state index contributed by atoms with van der Waals surface area (Å²) in [6.45, 7) is 9.28. The molecule has 136 valence electrons. The number of hydrogen-bond donors (Lipinski definition) is 1. The maximum Gasteiger partial charge on any atom is 0.193 e. The first-order chi connectivity index (χ1) is 10.9. The van der Waals surface area contributed by atoms with E-state index < -0.39 is 0 Å². The third kappa shape index (κ3) is 5.98. The Morgan fingerprint density at radius 1 is 1.46 bits per heavy atom. The molecular weight excluding hydrogens is 440 g/mol. The normalized spacial score (nSPS) is 17.2. The Kier molecular flexibility index (Phi) is 8.62. The van der Waals surface area contributed by atoms with Crippen molar-refractivity contribution in [3.63, 3.8) is 0 Å². The van der Waals surface area contributed by atoms with Crippen LogP contribution in [0.5, 0.6) is 5.75 Å². The molecule has 0 atom stereocenters. The Morgan fingerprint density at radius 2 is 2.21 bits per heavy atom. The molecule has 0 aromatic heterocycles. The van der Waals surface area contributed by atoms with Gasteiger partial charge in [0.1, 0.15) is 0 Å². The monoisotopic (exact) mass is 467 g/mol. The average Bonchev–Trinajstić information content (AvgIpc) is 2.50. The van der Waals surface area contributed by atoms with Gasteiger partial charge >= 0.3 is 0 Å². The Morgan fingerprint density at radius 3 is 2.79 bits per heavy atom. The first-order valence-corrected chi connectivity index (χ1v) is 8.94. The molecule has 1 heterocycles. The van der Waals surface area contributed by atoms with Crippen molar-refractivity contribution in [3.8, 4) is 5.75 Å². The Balaban J connectivity index is 0.00000288. The zero-order valence-corrected chi connectivity index (χ0v) is 17.9. The van der Waals surface area contributed by atoms with Crippen LogP contribution in [0.2, 0.25) is 0 Å². The van der Waals surface area contributed by atoms with Crippen molar-refractivity contribution < 1.29 is 9.13 Å². The molecule has 1 saturated heterocycles. The lowest BCUT2D eigenvalue weighted by Gasteiger charge is -2.39. The second-order valence-corrected chi connectivity index (χ2v) is 7.93. The van der Waals surface area contributed by atoms with Gasteiger partial charge in [-0.25, -0.2) is 4.39 Å². The quantitative estimate of drug-likeness (QED) is 0.416. The van der Waals surface area contributed by atoms with Crippen molar-refractivity contribution >= 4 is 41.7 Å². The summed E-state index contributed by atoms with van der Waals surface area (Å²) in [7, 11) is 1.79. The highest BCUT2D eigenvalue weighted by Gasteiger charge is 2.28. The van der Waals surface area contributed by atoms with Crippen LogP contribution in [0.15, 0.2) is 23.2 Å². The van der Waals surface area contributed by atoms with Crippen molar-refractivity contribution in [1.29, 1.82) is 0 Å². The van der Waals surface area contributed by atoms with Crippen LogP contribution in [0.4, 0.5) is 4.39 Å². The summed E-state index contributed by atoms with van der Waals surface area (Å²) in [6.07, 6.45) is 0. The maximum absolute atomic E-state index is 13.9. The van der Waals surface area contributed by atoms with E-state index >= 15 is 0 Å². The molecule has 0 saturated carbocycles. The van der Waals surface area contributed by atoms with Crippen LogP contribution in [-0.4, -0.2) is 48.1 Å². The summed E-state index contributed by atoms with van der Waals surface area (Å²) in [4.78, 5) is 6.63. The Bertz CT molecular complexity index is 569. The van der Waals surface area contributed by atoms with E-state index in [9.17, 15) is 4.39 Å². The number of hydrogen-bond acceptors (Lipinski definition) is 3. The number of nitrogens with zero attached hydrogens (tertiary/aromatic N) is 2. The Hall–Kier alpha value is -0.700. The predicted octanol–water partition coefficient (Wildman–Crippen LogP) is 3.75. The van der Waals surface area contributed by atoms with Crippen LogP contribution in [-0.2, 0) is 6.54 Å². The van der Waals surface area contributed by atoms with Crippen molar-refractivity contribution in [2.75, 3.05) is 32.5 Å². The number of rotatable bonds is 4. The van der Waals surface area contributed by atoms with E-state index in [2.05, 4.69) is 29.1 Å². The highest BCUT2D eigenvalue weighted by atomic mass is 127. The molecule has 1 aromatic carbocycles. The van der Waals surface area contributed by atoms with Crippen molar-refractivity contribution in [2.45, 2.75) is 32.1 Å². The second-order valence-electron chi connectivity index (χ2n) is 6.13. The van der Waals surface area contributed by atoms with Crippen molar-refractivity contribution in [2.24, 2.45) is 4.99 Å². The third-order valence-corrected chi connectivity index (χ3v) is 4.98. The smallest absolute Gasteiger partial charge is 0.193 e. The SMILES string of the molecule is CCOc1ccc(CNC(=NC)N2CCSC(C)(C)C2)cc1F.I. The van der Waals surface area contributed by atoms with Crippen LogP contribution in [0.3, 0.4) is 0 Å². The van der Waals surface area contributed by atoms with Gasteiger partial charge in [0.15, 0.2) is 17.5 Å². The summed E-state index contributed by atoms with van der Waals surface area (Å²) in [5.41, 5.74) is 0.873. The largest absolute Gasteiger partial charge is 0.491 e. The van der Waals surface area contributed by atoms with Crippen LogP contribution in [0.25, 0.3) is 0 Å². The number of nitrogens with one attached hydrogen (secondary N) is 1. The average molecular weight is 467 g/mol. The molecule has 1 fully saturated rings. The molecule has 4 nitrogen and oxygen atoms in total. The fourth-order valence-electron chi connectivity index (χ4n) is 2.64. The molecule has 2 rings (SSSR count). The molecule has 1 aliphatic rings. The molecule has 0 radical (unpaired) electrons. The molecule has 0 aliphatic carbocycles. The van der Waals surface area contributed by atoms with Crippen molar-refractivity contribution in [3.05, 3.63) is 29.6 Å². The fraction of sp³-hybridized carbons (Fsp3) is 0.588. The molecule has 0 spiro atoms. The number of guanidine groups is 1. The lowest BCUT2D eigenvalue weighted by atomic mass is 10.2. The standard InChI is InChI=1S/C17H26FN3OS.HI/c1-5-22-15-7-6-13(10-14(15)18)11-20-16(19-4)21-8-9-23-17(2,3)12-21;/h6-7,10H,5,8-9,11-12H2,1-4H3,(H,19,20);1H. The van der Waals surface area contributed by atoms with E-state index in [0.29, 0.717) is 18.9 Å². The van der Waals surface area contributed by atoms with Crippen LogP contribution in [0, 0.1) is 5.82 Å². The van der Waals surface area contributed by atoms with Gasteiger partial charge < -0.3 is 15.0 Å². The predicted molar refractivity (Wildman–Crippen MR) is 111 cm³/mol. The van der Waals surface area contributed by atoms with Crippen molar-refractivity contribution in [1.82, 2.24) is 10.2 Å². The zero-order valence-electron chi connectivity index (χ0n) is 14.8. The topological polar surface area (TPSA) is 36.9 Å². The Labute approximate surface area is 165 Å².